The van der Waals surface area contributed by atoms with Crippen molar-refractivity contribution in [2.45, 2.75) is 20.3 Å². The summed E-state index contributed by atoms with van der Waals surface area (Å²) in [5.41, 5.74) is 2.94. The zero-order chi connectivity index (χ0) is 13.8. The molecule has 0 aliphatic carbocycles. The van der Waals surface area contributed by atoms with E-state index in [1.165, 1.54) is 12.7 Å². The highest BCUT2D eigenvalue weighted by Crippen LogP contribution is 2.26. The lowest BCUT2D eigenvalue weighted by Gasteiger charge is -2.10. The van der Waals surface area contributed by atoms with Gasteiger partial charge in [-0.25, -0.2) is 4.79 Å². The van der Waals surface area contributed by atoms with Gasteiger partial charge < -0.3 is 9.47 Å². The van der Waals surface area contributed by atoms with Gasteiger partial charge in [-0.15, -0.1) is 0 Å². The van der Waals surface area contributed by atoms with Crippen molar-refractivity contribution >= 4 is 16.9 Å². The highest BCUT2D eigenvalue weighted by atomic mass is 16.6. The summed E-state index contributed by atoms with van der Waals surface area (Å²) in [6, 6.07) is 7.92. The van der Waals surface area contributed by atoms with Gasteiger partial charge in [0.25, 0.3) is 0 Å². The van der Waals surface area contributed by atoms with Crippen LogP contribution in [0.5, 0.6) is 5.75 Å². The Bertz CT molecular complexity index is 608. The van der Waals surface area contributed by atoms with Crippen LogP contribution in [0.1, 0.15) is 18.2 Å². The minimum absolute atomic E-state index is 0.0919. The Kier molecular flexibility index (Phi) is 4.00. The van der Waals surface area contributed by atoms with Crippen LogP contribution in [0.15, 0.2) is 24.3 Å². The van der Waals surface area contributed by atoms with Gasteiger partial charge in [0.1, 0.15) is 5.75 Å². The monoisotopic (exact) mass is 259 g/mol. The molecule has 0 saturated carbocycles. The molecule has 0 N–H and O–H groups in total. The predicted octanol–water partition coefficient (Wildman–Crippen LogP) is 2.66. The number of carbonyl (C=O) groups is 1. The summed E-state index contributed by atoms with van der Waals surface area (Å²) in [4.78, 5) is 15.6. The van der Waals surface area contributed by atoms with Crippen molar-refractivity contribution in [2.75, 3.05) is 13.7 Å². The number of hydrogen-bond donors (Lipinski definition) is 0. The zero-order valence-corrected chi connectivity index (χ0v) is 11.4. The summed E-state index contributed by atoms with van der Waals surface area (Å²) in [5, 5.41) is 0.925. The number of carbonyl (C=O) groups excluding carboxylic acids is 1. The summed E-state index contributed by atoms with van der Waals surface area (Å²) < 4.78 is 10.1. The van der Waals surface area contributed by atoms with E-state index in [1.54, 1.807) is 0 Å². The maximum atomic E-state index is 11.2. The van der Waals surface area contributed by atoms with Crippen molar-refractivity contribution < 1.29 is 14.3 Å². The number of methoxy groups -OCH3 is 1. The summed E-state index contributed by atoms with van der Waals surface area (Å²) in [7, 11) is 1.34. The van der Waals surface area contributed by atoms with Crippen LogP contribution < -0.4 is 4.74 Å². The molecule has 19 heavy (non-hydrogen) atoms. The average molecular weight is 259 g/mol. The molecule has 0 saturated heterocycles. The second-order valence-electron chi connectivity index (χ2n) is 4.33. The molecule has 1 heterocycles. The van der Waals surface area contributed by atoms with E-state index in [0.717, 1.165) is 23.0 Å². The van der Waals surface area contributed by atoms with Crippen molar-refractivity contribution in [2.24, 2.45) is 0 Å². The first kappa shape index (κ1) is 13.3. The maximum absolute atomic E-state index is 11.2. The quantitative estimate of drug-likeness (QED) is 0.792. The van der Waals surface area contributed by atoms with Crippen molar-refractivity contribution in [1.82, 2.24) is 4.98 Å². The van der Waals surface area contributed by atoms with E-state index in [9.17, 15) is 4.79 Å². The zero-order valence-electron chi connectivity index (χ0n) is 11.4. The molecular weight excluding hydrogens is 242 g/mol. The number of aromatic nitrogens is 1. The van der Waals surface area contributed by atoms with Crippen molar-refractivity contribution in [3.05, 3.63) is 35.5 Å². The lowest BCUT2D eigenvalue weighted by atomic mass is 10.1. The van der Waals surface area contributed by atoms with Crippen LogP contribution in [0.4, 0.5) is 0 Å². The van der Waals surface area contributed by atoms with Crippen LogP contribution >= 0.6 is 0 Å². The highest BCUT2D eigenvalue weighted by Gasteiger charge is 2.08. The molecule has 0 aliphatic rings. The Morgan fingerprint density at radius 1 is 1.32 bits per heavy atom. The van der Waals surface area contributed by atoms with E-state index in [0.29, 0.717) is 5.75 Å². The molecule has 0 atom stereocenters. The van der Waals surface area contributed by atoms with Gasteiger partial charge >= 0.3 is 5.97 Å². The summed E-state index contributed by atoms with van der Waals surface area (Å²) >= 11 is 0. The highest BCUT2D eigenvalue weighted by molar-refractivity contribution is 5.86. The van der Waals surface area contributed by atoms with Crippen LogP contribution in [0, 0.1) is 6.92 Å². The van der Waals surface area contributed by atoms with Gasteiger partial charge in [0, 0.05) is 17.1 Å². The van der Waals surface area contributed by atoms with Gasteiger partial charge in [0.15, 0.2) is 6.61 Å². The van der Waals surface area contributed by atoms with E-state index in [-0.39, 0.29) is 6.61 Å². The van der Waals surface area contributed by atoms with Crippen LogP contribution in [0.25, 0.3) is 10.9 Å². The van der Waals surface area contributed by atoms with Crippen LogP contribution in [-0.2, 0) is 16.0 Å². The molecule has 1 aromatic heterocycles. The summed E-state index contributed by atoms with van der Waals surface area (Å²) in [5.74, 6) is 0.275. The first-order valence-corrected chi connectivity index (χ1v) is 6.24. The van der Waals surface area contributed by atoms with Crippen LogP contribution in [0.2, 0.25) is 0 Å². The normalized spacial score (nSPS) is 10.5. The minimum atomic E-state index is -0.394. The van der Waals surface area contributed by atoms with Gasteiger partial charge in [0.2, 0.25) is 0 Å². The first-order chi connectivity index (χ1) is 9.13. The second-order valence-corrected chi connectivity index (χ2v) is 4.33. The van der Waals surface area contributed by atoms with E-state index in [2.05, 4.69) is 22.7 Å². The number of pyridine rings is 1. The van der Waals surface area contributed by atoms with Gasteiger partial charge in [-0.05, 0) is 31.0 Å². The third kappa shape index (κ3) is 3.02. The van der Waals surface area contributed by atoms with Gasteiger partial charge in [-0.1, -0.05) is 13.0 Å². The third-order valence-corrected chi connectivity index (χ3v) is 2.94. The fourth-order valence-electron chi connectivity index (χ4n) is 1.90. The minimum Gasteiger partial charge on any atom is -0.481 e. The number of benzene rings is 1. The number of hydrogen-bond acceptors (Lipinski definition) is 4. The molecule has 2 rings (SSSR count). The number of nitrogens with zero attached hydrogens (tertiary/aromatic N) is 1. The molecule has 0 unspecified atom stereocenters. The molecule has 1 aromatic carbocycles. The number of rotatable bonds is 4. The molecule has 4 nitrogen and oxygen atoms in total. The molecule has 100 valence electrons. The molecule has 0 radical (unpaired) electrons. The Labute approximate surface area is 112 Å². The topological polar surface area (TPSA) is 48.4 Å². The lowest BCUT2D eigenvalue weighted by molar-refractivity contribution is -0.142. The maximum Gasteiger partial charge on any atom is 0.343 e. The fourth-order valence-corrected chi connectivity index (χ4v) is 1.90. The molecule has 2 aromatic rings. The fraction of sp³-hybridized carbons (Fsp3) is 0.333. The van der Waals surface area contributed by atoms with E-state index < -0.39 is 5.97 Å². The van der Waals surface area contributed by atoms with Gasteiger partial charge in [-0.3, -0.25) is 4.98 Å². The molecule has 0 fully saturated rings. The average Bonchev–Trinajstić information content (AvgIpc) is 2.43. The lowest BCUT2D eigenvalue weighted by Crippen LogP contribution is -2.12. The number of esters is 1. The van der Waals surface area contributed by atoms with Crippen molar-refractivity contribution in [1.29, 1.82) is 0 Å². The van der Waals surface area contributed by atoms with Gasteiger partial charge in [0.05, 0.1) is 12.6 Å². The molecular formula is C15H17NO3. The largest absolute Gasteiger partial charge is 0.481 e. The number of fused-ring (bicyclic) bond motifs is 1. The molecule has 0 aliphatic heterocycles. The smallest absolute Gasteiger partial charge is 0.343 e. The van der Waals surface area contributed by atoms with Gasteiger partial charge in [-0.2, -0.15) is 0 Å². The summed E-state index contributed by atoms with van der Waals surface area (Å²) in [6.07, 6.45) is 0.945. The third-order valence-electron chi connectivity index (χ3n) is 2.94. The Morgan fingerprint density at radius 2 is 2.11 bits per heavy atom. The second kappa shape index (κ2) is 5.69. The van der Waals surface area contributed by atoms with Crippen LogP contribution in [0.3, 0.4) is 0 Å². The van der Waals surface area contributed by atoms with E-state index in [1.807, 2.05) is 25.1 Å². The van der Waals surface area contributed by atoms with Crippen molar-refractivity contribution in [3.63, 3.8) is 0 Å². The number of ether oxygens (including phenoxy) is 2. The molecule has 0 amide bonds. The molecule has 0 spiro atoms. The Hall–Kier alpha value is -2.10. The molecule has 0 bridgehead atoms. The molecule has 4 heteroatoms. The Balaban J connectivity index is 2.42. The van der Waals surface area contributed by atoms with E-state index >= 15 is 0 Å². The standard InChI is InChI=1S/C15H17NO3/c1-4-11-5-6-13-12(8-11)14(7-10(2)16-13)19-9-15(17)18-3/h5-8H,4,9H2,1-3H3. The van der Waals surface area contributed by atoms with E-state index in [4.69, 9.17) is 4.74 Å². The SMILES string of the molecule is CCc1ccc2nc(C)cc(OCC(=O)OC)c2c1. The van der Waals surface area contributed by atoms with Crippen LogP contribution in [-0.4, -0.2) is 24.7 Å². The predicted molar refractivity (Wildman–Crippen MR) is 73.4 cm³/mol. The van der Waals surface area contributed by atoms with Crippen molar-refractivity contribution in [3.8, 4) is 5.75 Å². The summed E-state index contributed by atoms with van der Waals surface area (Å²) in [6.45, 7) is 3.90. The number of aryl methyl sites for hydroxylation is 2. The Morgan fingerprint density at radius 3 is 2.79 bits per heavy atom. The first-order valence-electron chi connectivity index (χ1n) is 6.24.